The molecule has 2 heteroatoms. The number of hydrogen-bond donors (Lipinski definition) is 0. The zero-order valence-electron chi connectivity index (χ0n) is 34.5. The molecule has 0 heterocycles. The predicted octanol–water partition coefficient (Wildman–Crippen LogP) is 16.4. The Bertz CT molecular complexity index is 3580. The molecule has 0 radical (unpaired) electrons. The summed E-state index contributed by atoms with van der Waals surface area (Å²) in [4.78, 5) is 4.95. The van der Waals surface area contributed by atoms with E-state index in [2.05, 4.69) is 252 Å². The molecule has 1 atom stereocenters. The van der Waals surface area contributed by atoms with Crippen LogP contribution in [0.4, 0.5) is 34.1 Å². The highest BCUT2D eigenvalue weighted by Gasteiger charge is 2.52. The maximum absolute atomic E-state index is 2.55. The molecule has 11 aromatic carbocycles. The van der Waals surface area contributed by atoms with E-state index < -0.39 is 5.41 Å². The lowest BCUT2D eigenvalue weighted by molar-refractivity contribution is 0.794. The first-order valence-corrected chi connectivity index (χ1v) is 21.9. The molecule has 11 aromatic rings. The van der Waals surface area contributed by atoms with E-state index >= 15 is 0 Å². The fourth-order valence-electron chi connectivity index (χ4n) is 11.1. The van der Waals surface area contributed by atoms with Crippen molar-refractivity contribution >= 4 is 66.4 Å². The van der Waals surface area contributed by atoms with E-state index in [-0.39, 0.29) is 0 Å². The Kier molecular flexibility index (Phi) is 7.85. The van der Waals surface area contributed by atoms with Crippen LogP contribution in [0, 0.1) is 0 Å². The molecule has 2 aliphatic carbocycles. The van der Waals surface area contributed by atoms with E-state index in [9.17, 15) is 0 Å². The van der Waals surface area contributed by atoms with Crippen LogP contribution in [0.3, 0.4) is 0 Å². The molecule has 1 spiro atoms. The number of para-hydroxylation sites is 2. The van der Waals surface area contributed by atoms with Crippen LogP contribution in [0.15, 0.2) is 243 Å². The van der Waals surface area contributed by atoms with E-state index in [0.717, 1.165) is 34.1 Å². The molecule has 2 nitrogen and oxygen atoms in total. The summed E-state index contributed by atoms with van der Waals surface area (Å²) in [5.74, 6) is 0. The third kappa shape index (κ3) is 5.13. The van der Waals surface area contributed by atoms with E-state index in [0.29, 0.717) is 0 Å². The quantitative estimate of drug-likeness (QED) is 0.165. The normalized spacial score (nSPS) is 14.4. The molecular formula is C61H40N2. The van der Waals surface area contributed by atoms with Gasteiger partial charge in [0.2, 0.25) is 0 Å². The van der Waals surface area contributed by atoms with Crippen LogP contribution in [-0.4, -0.2) is 0 Å². The van der Waals surface area contributed by atoms with Gasteiger partial charge in [0.25, 0.3) is 0 Å². The summed E-state index contributed by atoms with van der Waals surface area (Å²) < 4.78 is 0. The Morgan fingerprint density at radius 3 is 1.40 bits per heavy atom. The molecule has 0 saturated carbocycles. The molecule has 0 bridgehead atoms. The van der Waals surface area contributed by atoms with Gasteiger partial charge in [0.05, 0.1) is 22.5 Å². The number of anilines is 6. The summed E-state index contributed by atoms with van der Waals surface area (Å²) in [6.45, 7) is 0. The maximum Gasteiger partial charge on any atom is 0.0727 e. The second-order valence-electron chi connectivity index (χ2n) is 16.8. The zero-order valence-corrected chi connectivity index (χ0v) is 34.5. The number of nitrogens with zero attached hydrogens (tertiary/aromatic N) is 2. The predicted molar refractivity (Wildman–Crippen MR) is 265 cm³/mol. The number of fused-ring (bicyclic) bond motifs is 14. The van der Waals surface area contributed by atoms with Gasteiger partial charge in [-0.3, -0.25) is 0 Å². The molecule has 0 N–H and O–H groups in total. The van der Waals surface area contributed by atoms with Crippen LogP contribution in [0.2, 0.25) is 0 Å². The molecule has 0 aliphatic heterocycles. The highest BCUT2D eigenvalue weighted by atomic mass is 15.2. The molecule has 0 amide bonds. The third-order valence-electron chi connectivity index (χ3n) is 13.6. The lowest BCUT2D eigenvalue weighted by atomic mass is 9.70. The van der Waals surface area contributed by atoms with Crippen molar-refractivity contribution in [3.63, 3.8) is 0 Å². The van der Waals surface area contributed by atoms with Gasteiger partial charge in [0.15, 0.2) is 0 Å². The van der Waals surface area contributed by atoms with Gasteiger partial charge in [-0.1, -0.05) is 188 Å². The van der Waals surface area contributed by atoms with Crippen molar-refractivity contribution in [2.75, 3.05) is 9.80 Å². The Hall–Kier alpha value is -8.20. The second-order valence-corrected chi connectivity index (χ2v) is 16.8. The molecule has 294 valence electrons. The van der Waals surface area contributed by atoms with Crippen molar-refractivity contribution in [1.82, 2.24) is 0 Å². The van der Waals surface area contributed by atoms with Gasteiger partial charge in [-0.05, 0) is 115 Å². The van der Waals surface area contributed by atoms with Crippen molar-refractivity contribution in [3.8, 4) is 22.3 Å². The molecule has 0 saturated heterocycles. The molecule has 1 unspecified atom stereocenters. The summed E-state index contributed by atoms with van der Waals surface area (Å²) in [6, 6.07) is 89.7. The Morgan fingerprint density at radius 2 is 0.730 bits per heavy atom. The fraction of sp³-hybridized carbons (Fsp3) is 0.0164. The van der Waals surface area contributed by atoms with Crippen molar-refractivity contribution in [1.29, 1.82) is 0 Å². The lowest BCUT2D eigenvalue weighted by Gasteiger charge is -2.34. The van der Waals surface area contributed by atoms with Gasteiger partial charge in [-0.2, -0.15) is 0 Å². The fourth-order valence-corrected chi connectivity index (χ4v) is 11.1. The highest BCUT2D eigenvalue weighted by Crippen LogP contribution is 2.65. The number of hydrogen-bond acceptors (Lipinski definition) is 2. The van der Waals surface area contributed by atoms with E-state index in [1.807, 2.05) is 0 Å². The standard InChI is InChI=1S/C61H40N2/c1-3-23-43(24-4-1)62(57-35-17-21-41-19-7-9-27-46(41)57)45-37-38-49-48-29-13-15-33-53(48)61(55(49)39-45)54-34-16-14-32-52(54)60-51-31-12-11-30-50(51)59(40-56(60)61)63(44-25-5-2-6-26-44)58-36-18-22-42-20-8-10-28-47(42)58/h1-40H. The summed E-state index contributed by atoms with van der Waals surface area (Å²) in [7, 11) is 0. The first-order valence-electron chi connectivity index (χ1n) is 21.9. The van der Waals surface area contributed by atoms with Crippen LogP contribution in [0.1, 0.15) is 22.3 Å². The molecule has 2 aliphatic rings. The number of rotatable bonds is 6. The lowest BCUT2D eigenvalue weighted by Crippen LogP contribution is -2.26. The average Bonchev–Trinajstić information content (AvgIpc) is 3.82. The molecule has 0 fully saturated rings. The van der Waals surface area contributed by atoms with Crippen LogP contribution < -0.4 is 9.80 Å². The van der Waals surface area contributed by atoms with Crippen molar-refractivity contribution < 1.29 is 0 Å². The van der Waals surface area contributed by atoms with Gasteiger partial charge in [0.1, 0.15) is 0 Å². The monoisotopic (exact) mass is 800 g/mol. The van der Waals surface area contributed by atoms with Crippen LogP contribution >= 0.6 is 0 Å². The first-order chi connectivity index (χ1) is 31.3. The SMILES string of the molecule is c1ccc(N(c2ccc3c(c2)C2(c4ccccc4-3)c3ccccc3-c3c2cc(N(c2ccccc2)c2cccc4ccccc24)c2ccccc32)c2cccc3ccccc23)cc1. The van der Waals surface area contributed by atoms with Crippen molar-refractivity contribution in [2.45, 2.75) is 5.41 Å². The second kappa shape index (κ2) is 13.9. The van der Waals surface area contributed by atoms with Gasteiger partial charge in [-0.25, -0.2) is 0 Å². The molecule has 0 aromatic heterocycles. The number of benzene rings is 11. The highest BCUT2D eigenvalue weighted by molar-refractivity contribution is 6.13. The van der Waals surface area contributed by atoms with Gasteiger partial charge < -0.3 is 9.80 Å². The minimum atomic E-state index is -0.602. The molecular weight excluding hydrogens is 761 g/mol. The minimum absolute atomic E-state index is 0.602. The minimum Gasteiger partial charge on any atom is -0.310 e. The summed E-state index contributed by atoms with van der Waals surface area (Å²) >= 11 is 0. The maximum atomic E-state index is 2.55. The zero-order chi connectivity index (χ0) is 41.5. The van der Waals surface area contributed by atoms with Crippen LogP contribution in [-0.2, 0) is 5.41 Å². The third-order valence-corrected chi connectivity index (χ3v) is 13.6. The van der Waals surface area contributed by atoms with Crippen molar-refractivity contribution in [3.05, 3.63) is 265 Å². The molecule has 63 heavy (non-hydrogen) atoms. The topological polar surface area (TPSA) is 6.48 Å². The Balaban J connectivity index is 1.15. The Labute approximate surface area is 367 Å². The smallest absolute Gasteiger partial charge is 0.0727 e. The average molecular weight is 801 g/mol. The van der Waals surface area contributed by atoms with Crippen LogP contribution in [0.5, 0.6) is 0 Å². The molecule has 13 rings (SSSR count). The first kappa shape index (κ1) is 35.5. The van der Waals surface area contributed by atoms with E-state index in [1.54, 1.807) is 0 Å². The van der Waals surface area contributed by atoms with Gasteiger partial charge in [-0.15, -0.1) is 0 Å². The summed E-state index contributed by atoms with van der Waals surface area (Å²) in [5, 5.41) is 7.32. The van der Waals surface area contributed by atoms with Crippen molar-refractivity contribution in [2.24, 2.45) is 0 Å². The Morgan fingerprint density at radius 1 is 0.254 bits per heavy atom. The largest absolute Gasteiger partial charge is 0.310 e. The van der Waals surface area contributed by atoms with Crippen LogP contribution in [0.25, 0.3) is 54.6 Å². The van der Waals surface area contributed by atoms with Gasteiger partial charge >= 0.3 is 0 Å². The summed E-state index contributed by atoms with van der Waals surface area (Å²) in [5.41, 5.74) is 16.6. The van der Waals surface area contributed by atoms with E-state index in [1.165, 1.54) is 76.8 Å². The van der Waals surface area contributed by atoms with Gasteiger partial charge in [0, 0.05) is 33.2 Å². The summed E-state index contributed by atoms with van der Waals surface area (Å²) in [6.07, 6.45) is 0. The van der Waals surface area contributed by atoms with E-state index in [4.69, 9.17) is 0 Å².